The Kier molecular flexibility index (Phi) is 36.5. The molecule has 2 N–H and O–H groups in total. The predicted octanol–water partition coefficient (Wildman–Crippen LogP) is 14.2. The first kappa shape index (κ1) is 39.7. The molecule has 0 aromatic rings. The van der Waals surface area contributed by atoms with Gasteiger partial charge in [-0.1, -0.05) is 218 Å². The molecule has 0 saturated heterocycles. The highest BCUT2D eigenvalue weighted by Crippen LogP contribution is 2.20. The standard InChI is InChI=1S/C39H79N/c1-3-5-7-9-11-13-15-17-19-21-23-25-27-29-31-33-35-39(37-38-40)36-34-32-30-28-26-24-22-20-18-16-14-12-10-8-6-4-2/h37H,3-36,38,40H2,1-2H3. The van der Waals surface area contributed by atoms with E-state index in [2.05, 4.69) is 19.9 Å². The summed E-state index contributed by atoms with van der Waals surface area (Å²) in [5.74, 6) is 0. The van der Waals surface area contributed by atoms with Gasteiger partial charge in [0.15, 0.2) is 0 Å². The Balaban J connectivity index is 3.37. The van der Waals surface area contributed by atoms with Crippen LogP contribution in [0.1, 0.15) is 232 Å². The largest absolute Gasteiger partial charge is 0.327 e. The lowest BCUT2D eigenvalue weighted by atomic mass is 9.98. The number of hydrogen-bond donors (Lipinski definition) is 1. The molecular formula is C39H79N. The molecule has 0 heterocycles. The van der Waals surface area contributed by atoms with E-state index in [1.165, 1.54) is 218 Å². The maximum Gasteiger partial charge on any atom is 0.0109 e. The summed E-state index contributed by atoms with van der Waals surface area (Å²) in [6, 6.07) is 0. The molecule has 1 heteroatoms. The van der Waals surface area contributed by atoms with Crippen LogP contribution in [0.5, 0.6) is 0 Å². The highest BCUT2D eigenvalue weighted by molar-refractivity contribution is 5.02. The maximum atomic E-state index is 5.88. The Morgan fingerprint density at radius 1 is 0.325 bits per heavy atom. The maximum absolute atomic E-state index is 5.88. The van der Waals surface area contributed by atoms with Crippen LogP contribution in [0.4, 0.5) is 0 Å². The molecule has 0 aliphatic heterocycles. The molecule has 0 fully saturated rings. The highest BCUT2D eigenvalue weighted by Gasteiger charge is 2.00. The zero-order valence-corrected chi connectivity index (χ0v) is 28.4. The third-order valence-corrected chi connectivity index (χ3v) is 9.11. The molecule has 0 radical (unpaired) electrons. The molecule has 0 aromatic carbocycles. The number of unbranched alkanes of at least 4 members (excludes halogenated alkanes) is 30. The lowest BCUT2D eigenvalue weighted by molar-refractivity contribution is 0.526. The second-order valence-corrected chi connectivity index (χ2v) is 13.2. The van der Waals surface area contributed by atoms with Crippen molar-refractivity contribution in [3.63, 3.8) is 0 Å². The average Bonchev–Trinajstić information content (AvgIpc) is 2.96. The van der Waals surface area contributed by atoms with Crippen LogP contribution in [-0.2, 0) is 0 Å². The quantitative estimate of drug-likeness (QED) is 0.0604. The van der Waals surface area contributed by atoms with E-state index in [-0.39, 0.29) is 0 Å². The SMILES string of the molecule is CCCCCCCCCCCCCCCCCCC(=CCN)CCCCCCCCCCCCCCCCCC. The van der Waals surface area contributed by atoms with E-state index in [1.807, 2.05) is 0 Å². The molecule has 0 rings (SSSR count). The van der Waals surface area contributed by atoms with Crippen molar-refractivity contribution in [3.8, 4) is 0 Å². The van der Waals surface area contributed by atoms with E-state index in [1.54, 1.807) is 5.57 Å². The van der Waals surface area contributed by atoms with Crippen molar-refractivity contribution in [1.29, 1.82) is 0 Å². The fourth-order valence-electron chi connectivity index (χ4n) is 6.30. The second kappa shape index (κ2) is 36.7. The Morgan fingerprint density at radius 3 is 0.725 bits per heavy atom. The first-order valence-corrected chi connectivity index (χ1v) is 19.2. The number of allylic oxidation sites excluding steroid dienone is 1. The summed E-state index contributed by atoms with van der Waals surface area (Å²) in [6.07, 6.45) is 51.3. The summed E-state index contributed by atoms with van der Waals surface area (Å²) in [7, 11) is 0. The van der Waals surface area contributed by atoms with Crippen LogP contribution in [0.2, 0.25) is 0 Å². The number of rotatable bonds is 35. The number of nitrogens with two attached hydrogens (primary N) is 1. The first-order valence-electron chi connectivity index (χ1n) is 19.2. The summed E-state index contributed by atoms with van der Waals surface area (Å²) in [4.78, 5) is 0. The third kappa shape index (κ3) is 33.9. The van der Waals surface area contributed by atoms with Crippen molar-refractivity contribution in [1.82, 2.24) is 0 Å². The van der Waals surface area contributed by atoms with Gasteiger partial charge in [-0.2, -0.15) is 0 Å². The van der Waals surface area contributed by atoms with Gasteiger partial charge in [0.1, 0.15) is 0 Å². The smallest absolute Gasteiger partial charge is 0.0109 e. The van der Waals surface area contributed by atoms with Gasteiger partial charge in [0.2, 0.25) is 0 Å². The monoisotopic (exact) mass is 562 g/mol. The minimum absolute atomic E-state index is 0.729. The van der Waals surface area contributed by atoms with Crippen molar-refractivity contribution in [2.75, 3.05) is 6.54 Å². The van der Waals surface area contributed by atoms with Gasteiger partial charge >= 0.3 is 0 Å². The van der Waals surface area contributed by atoms with Gasteiger partial charge in [-0.25, -0.2) is 0 Å². The summed E-state index contributed by atoms with van der Waals surface area (Å²) in [6.45, 7) is 5.34. The summed E-state index contributed by atoms with van der Waals surface area (Å²) >= 11 is 0. The third-order valence-electron chi connectivity index (χ3n) is 9.11. The van der Waals surface area contributed by atoms with Crippen LogP contribution in [0, 0.1) is 0 Å². The lowest BCUT2D eigenvalue weighted by Gasteiger charge is -2.08. The second-order valence-electron chi connectivity index (χ2n) is 13.2. The molecule has 0 amide bonds. The molecule has 240 valence electrons. The summed E-state index contributed by atoms with van der Waals surface area (Å²) < 4.78 is 0. The molecule has 0 aromatic heterocycles. The van der Waals surface area contributed by atoms with Gasteiger partial charge in [-0.05, 0) is 25.7 Å². The molecule has 0 bridgehead atoms. The van der Waals surface area contributed by atoms with Crippen molar-refractivity contribution >= 4 is 0 Å². The van der Waals surface area contributed by atoms with Gasteiger partial charge < -0.3 is 5.73 Å². The molecular weight excluding hydrogens is 482 g/mol. The summed E-state index contributed by atoms with van der Waals surface area (Å²) in [5.41, 5.74) is 7.53. The lowest BCUT2D eigenvalue weighted by Crippen LogP contribution is -1.97. The van der Waals surface area contributed by atoms with E-state index >= 15 is 0 Å². The molecule has 0 atom stereocenters. The van der Waals surface area contributed by atoms with Crippen LogP contribution in [0.25, 0.3) is 0 Å². The molecule has 40 heavy (non-hydrogen) atoms. The Hall–Kier alpha value is -0.300. The van der Waals surface area contributed by atoms with Gasteiger partial charge in [0.05, 0.1) is 0 Å². The topological polar surface area (TPSA) is 26.0 Å². The van der Waals surface area contributed by atoms with Gasteiger partial charge in [-0.15, -0.1) is 0 Å². The summed E-state index contributed by atoms with van der Waals surface area (Å²) in [5, 5.41) is 0. The zero-order chi connectivity index (χ0) is 29.0. The highest BCUT2D eigenvalue weighted by atomic mass is 14.5. The van der Waals surface area contributed by atoms with Gasteiger partial charge in [0.25, 0.3) is 0 Å². The van der Waals surface area contributed by atoms with Crippen LogP contribution in [-0.4, -0.2) is 6.54 Å². The minimum Gasteiger partial charge on any atom is -0.327 e. The van der Waals surface area contributed by atoms with Crippen LogP contribution < -0.4 is 5.73 Å². The van der Waals surface area contributed by atoms with E-state index in [9.17, 15) is 0 Å². The van der Waals surface area contributed by atoms with Crippen molar-refractivity contribution in [3.05, 3.63) is 11.6 Å². The van der Waals surface area contributed by atoms with E-state index in [0.29, 0.717) is 0 Å². The van der Waals surface area contributed by atoms with Crippen molar-refractivity contribution < 1.29 is 0 Å². The zero-order valence-electron chi connectivity index (χ0n) is 28.4. The minimum atomic E-state index is 0.729. The fraction of sp³-hybridized carbons (Fsp3) is 0.949. The molecule has 0 unspecified atom stereocenters. The number of hydrogen-bond acceptors (Lipinski definition) is 1. The Labute approximate surface area is 255 Å². The van der Waals surface area contributed by atoms with Crippen LogP contribution in [0.3, 0.4) is 0 Å². The Morgan fingerprint density at radius 2 is 0.525 bits per heavy atom. The molecule has 0 spiro atoms. The van der Waals surface area contributed by atoms with E-state index in [4.69, 9.17) is 5.73 Å². The fourth-order valence-corrected chi connectivity index (χ4v) is 6.30. The van der Waals surface area contributed by atoms with Gasteiger partial charge in [0, 0.05) is 6.54 Å². The van der Waals surface area contributed by atoms with Crippen LogP contribution in [0.15, 0.2) is 11.6 Å². The van der Waals surface area contributed by atoms with E-state index < -0.39 is 0 Å². The average molecular weight is 562 g/mol. The van der Waals surface area contributed by atoms with Gasteiger partial charge in [-0.3, -0.25) is 0 Å². The normalized spacial score (nSPS) is 11.4. The molecule has 1 nitrogen and oxygen atoms in total. The van der Waals surface area contributed by atoms with E-state index in [0.717, 1.165) is 6.54 Å². The molecule has 0 aliphatic carbocycles. The van der Waals surface area contributed by atoms with Crippen molar-refractivity contribution in [2.24, 2.45) is 5.73 Å². The van der Waals surface area contributed by atoms with Crippen LogP contribution >= 0.6 is 0 Å². The first-order chi connectivity index (χ1) is 19.8. The predicted molar refractivity (Wildman–Crippen MR) is 185 cm³/mol. The van der Waals surface area contributed by atoms with Crippen molar-refractivity contribution in [2.45, 2.75) is 232 Å². The molecule has 0 aliphatic rings. The Bertz CT molecular complexity index is 429. The molecule has 0 saturated carbocycles.